The summed E-state index contributed by atoms with van der Waals surface area (Å²) in [5, 5.41) is 9.87. The lowest BCUT2D eigenvalue weighted by atomic mass is 10.1. The number of hydrogen-bond donors (Lipinski definition) is 1. The molecule has 0 amide bonds. The van der Waals surface area contributed by atoms with Gasteiger partial charge in [0, 0.05) is 11.1 Å². The van der Waals surface area contributed by atoms with Gasteiger partial charge in [-0.1, -0.05) is 32.0 Å². The van der Waals surface area contributed by atoms with Crippen molar-refractivity contribution in [1.29, 1.82) is 0 Å². The highest BCUT2D eigenvalue weighted by atomic mass is 19.4. The smallest absolute Gasteiger partial charge is 0.508 e. The third kappa shape index (κ3) is 5.68. The molecule has 0 aliphatic carbocycles. The van der Waals surface area contributed by atoms with E-state index in [-0.39, 0.29) is 29.2 Å². The molecule has 30 heavy (non-hydrogen) atoms. The second-order valence-electron chi connectivity index (χ2n) is 5.75. The number of phenolic OH excluding ortho intramolecular Hbond substituents is 1. The molecule has 0 aliphatic rings. The standard InChI is InChI=1S/C18H12F6N2O2.C2H6/c19-17(20,21)15-9-25-16(26(15)10-12-3-1-2-4-14(12)27)11-5-7-13(8-6-11)28-18(22,23)24;1-2/h1-9,27H,10H2;1-2H3. The lowest BCUT2D eigenvalue weighted by Gasteiger charge is -2.15. The predicted molar refractivity (Wildman–Crippen MR) is 97.9 cm³/mol. The van der Waals surface area contributed by atoms with Crippen molar-refractivity contribution in [3.63, 3.8) is 0 Å². The first-order chi connectivity index (χ1) is 14.0. The van der Waals surface area contributed by atoms with E-state index in [0.29, 0.717) is 6.20 Å². The van der Waals surface area contributed by atoms with Crippen molar-refractivity contribution in [2.45, 2.75) is 32.9 Å². The molecule has 0 atom stereocenters. The van der Waals surface area contributed by atoms with Gasteiger partial charge in [-0.2, -0.15) is 13.2 Å². The van der Waals surface area contributed by atoms with E-state index in [1.807, 2.05) is 13.8 Å². The molecule has 0 bridgehead atoms. The van der Waals surface area contributed by atoms with Gasteiger partial charge in [0.2, 0.25) is 0 Å². The van der Waals surface area contributed by atoms with Gasteiger partial charge in [-0.05, 0) is 30.3 Å². The van der Waals surface area contributed by atoms with Crippen molar-refractivity contribution in [2.75, 3.05) is 0 Å². The Morgan fingerprint density at radius 3 is 2.07 bits per heavy atom. The second kappa shape index (κ2) is 9.10. The fourth-order valence-electron chi connectivity index (χ4n) is 2.61. The van der Waals surface area contributed by atoms with E-state index in [0.717, 1.165) is 16.7 Å². The fraction of sp³-hybridized carbons (Fsp3) is 0.250. The molecule has 0 unspecified atom stereocenters. The van der Waals surface area contributed by atoms with Crippen molar-refractivity contribution in [3.8, 4) is 22.9 Å². The maximum Gasteiger partial charge on any atom is 0.573 e. The van der Waals surface area contributed by atoms with E-state index in [2.05, 4.69) is 9.72 Å². The molecule has 1 aromatic heterocycles. The zero-order chi connectivity index (χ0) is 22.5. The highest BCUT2D eigenvalue weighted by molar-refractivity contribution is 5.58. The van der Waals surface area contributed by atoms with Crippen LogP contribution in [0.5, 0.6) is 11.5 Å². The highest BCUT2D eigenvalue weighted by Gasteiger charge is 2.36. The Kier molecular flexibility index (Phi) is 7.01. The van der Waals surface area contributed by atoms with Gasteiger partial charge in [-0.25, -0.2) is 4.98 Å². The van der Waals surface area contributed by atoms with E-state index in [4.69, 9.17) is 0 Å². The molecular formula is C20H18F6N2O2. The summed E-state index contributed by atoms with van der Waals surface area (Å²) in [6.45, 7) is 3.66. The molecule has 3 rings (SSSR count). The third-order valence-corrected chi connectivity index (χ3v) is 3.81. The summed E-state index contributed by atoms with van der Waals surface area (Å²) < 4.78 is 81.5. The first-order valence-electron chi connectivity index (χ1n) is 8.80. The maximum absolute atomic E-state index is 13.4. The average Bonchev–Trinajstić information content (AvgIpc) is 3.09. The van der Waals surface area contributed by atoms with Crippen LogP contribution in [0, 0.1) is 0 Å². The number of benzene rings is 2. The number of para-hydroxylation sites is 1. The first kappa shape index (κ1) is 23.1. The van der Waals surface area contributed by atoms with Crippen LogP contribution in [0.3, 0.4) is 0 Å². The van der Waals surface area contributed by atoms with Gasteiger partial charge in [-0.3, -0.25) is 0 Å². The fourth-order valence-corrected chi connectivity index (χ4v) is 2.61. The third-order valence-electron chi connectivity index (χ3n) is 3.81. The van der Waals surface area contributed by atoms with Crippen LogP contribution in [0.2, 0.25) is 0 Å². The number of ether oxygens (including phenoxy) is 1. The van der Waals surface area contributed by atoms with E-state index in [1.54, 1.807) is 6.07 Å². The monoisotopic (exact) mass is 432 g/mol. The van der Waals surface area contributed by atoms with Crippen LogP contribution in [0.25, 0.3) is 11.4 Å². The summed E-state index contributed by atoms with van der Waals surface area (Å²) in [6.07, 6.45) is -8.96. The molecule has 0 radical (unpaired) electrons. The van der Waals surface area contributed by atoms with Crippen molar-refractivity contribution in [2.24, 2.45) is 0 Å². The number of alkyl halides is 6. The highest BCUT2D eigenvalue weighted by Crippen LogP contribution is 2.34. The summed E-state index contributed by atoms with van der Waals surface area (Å²) in [5.74, 6) is -0.815. The topological polar surface area (TPSA) is 47.3 Å². The van der Waals surface area contributed by atoms with Crippen LogP contribution in [0.15, 0.2) is 54.7 Å². The number of halogens is 6. The molecule has 0 fully saturated rings. The quantitative estimate of drug-likeness (QED) is 0.496. The Balaban J connectivity index is 0.00000155. The Morgan fingerprint density at radius 1 is 0.933 bits per heavy atom. The largest absolute Gasteiger partial charge is 0.573 e. The number of imidazole rings is 1. The van der Waals surface area contributed by atoms with Gasteiger partial charge in [0.05, 0.1) is 12.7 Å². The SMILES string of the molecule is CC.Oc1ccccc1Cn1c(C(F)(F)F)cnc1-c1ccc(OC(F)(F)F)cc1. The molecule has 2 aromatic carbocycles. The van der Waals surface area contributed by atoms with Crippen LogP contribution < -0.4 is 4.74 Å². The minimum atomic E-state index is -4.88. The molecule has 0 spiro atoms. The zero-order valence-corrected chi connectivity index (χ0v) is 15.9. The van der Waals surface area contributed by atoms with Gasteiger partial charge in [0.1, 0.15) is 23.0 Å². The molecule has 0 saturated heterocycles. The molecule has 0 aliphatic heterocycles. The molecular weight excluding hydrogens is 414 g/mol. The van der Waals surface area contributed by atoms with Gasteiger partial charge in [0.25, 0.3) is 0 Å². The minimum absolute atomic E-state index is 0.117. The van der Waals surface area contributed by atoms with E-state index >= 15 is 0 Å². The summed E-state index contributed by atoms with van der Waals surface area (Å²) in [5.41, 5.74) is -0.675. The number of rotatable bonds is 4. The van der Waals surface area contributed by atoms with Crippen LogP contribution in [0.1, 0.15) is 25.1 Å². The molecule has 3 aromatic rings. The maximum atomic E-state index is 13.4. The van der Waals surface area contributed by atoms with Crippen molar-refractivity contribution >= 4 is 0 Å². The normalized spacial score (nSPS) is 11.6. The molecule has 10 heteroatoms. The van der Waals surface area contributed by atoms with E-state index in [9.17, 15) is 31.4 Å². The predicted octanol–water partition coefficient (Wildman–Crippen LogP) is 6.25. The van der Waals surface area contributed by atoms with E-state index in [1.165, 1.54) is 30.3 Å². The summed E-state index contributed by atoms with van der Waals surface area (Å²) in [4.78, 5) is 3.78. The van der Waals surface area contributed by atoms with Gasteiger partial charge in [0.15, 0.2) is 0 Å². The van der Waals surface area contributed by atoms with Gasteiger partial charge in [-0.15, -0.1) is 13.2 Å². The van der Waals surface area contributed by atoms with E-state index < -0.39 is 24.0 Å². The number of hydrogen-bond acceptors (Lipinski definition) is 3. The number of nitrogens with zero attached hydrogens (tertiary/aromatic N) is 2. The van der Waals surface area contributed by atoms with Gasteiger partial charge >= 0.3 is 12.5 Å². The molecule has 162 valence electrons. The summed E-state index contributed by atoms with van der Waals surface area (Å²) in [7, 11) is 0. The minimum Gasteiger partial charge on any atom is -0.508 e. The van der Waals surface area contributed by atoms with Crippen LogP contribution in [-0.2, 0) is 12.7 Å². The van der Waals surface area contributed by atoms with Crippen molar-refractivity contribution in [1.82, 2.24) is 9.55 Å². The zero-order valence-electron chi connectivity index (χ0n) is 15.9. The Bertz CT molecular complexity index is 963. The Labute approximate surface area is 168 Å². The molecule has 1 heterocycles. The van der Waals surface area contributed by atoms with Crippen LogP contribution >= 0.6 is 0 Å². The first-order valence-corrected chi connectivity index (χ1v) is 8.80. The van der Waals surface area contributed by atoms with Crippen molar-refractivity contribution in [3.05, 3.63) is 66.0 Å². The Morgan fingerprint density at radius 2 is 1.53 bits per heavy atom. The Hall–Kier alpha value is -3.17. The summed E-state index contributed by atoms with van der Waals surface area (Å²) >= 11 is 0. The summed E-state index contributed by atoms with van der Waals surface area (Å²) in [6, 6.07) is 10.2. The lowest BCUT2D eigenvalue weighted by Crippen LogP contribution is -2.17. The molecule has 1 N–H and O–H groups in total. The second-order valence-corrected chi connectivity index (χ2v) is 5.75. The van der Waals surface area contributed by atoms with Gasteiger partial charge < -0.3 is 14.4 Å². The van der Waals surface area contributed by atoms with Crippen LogP contribution in [0.4, 0.5) is 26.3 Å². The number of aromatic hydroxyl groups is 1. The molecule has 0 saturated carbocycles. The average molecular weight is 432 g/mol. The van der Waals surface area contributed by atoms with Crippen molar-refractivity contribution < 1.29 is 36.2 Å². The lowest BCUT2D eigenvalue weighted by molar-refractivity contribution is -0.274. The molecule has 4 nitrogen and oxygen atoms in total. The number of aromatic nitrogens is 2. The number of phenols is 1. The van der Waals surface area contributed by atoms with Crippen LogP contribution in [-0.4, -0.2) is 21.0 Å².